The first-order chi connectivity index (χ1) is 6.82. The summed E-state index contributed by atoms with van der Waals surface area (Å²) in [4.78, 5) is 0. The third kappa shape index (κ3) is 1.22. The Hall–Kier alpha value is -0.260. The Kier molecular flexibility index (Phi) is 2.71. The molecular formula is C16H30. The zero-order chi connectivity index (χ0) is 13.2. The summed E-state index contributed by atoms with van der Waals surface area (Å²) in [6, 6.07) is 0. The molecule has 1 aliphatic carbocycles. The summed E-state index contributed by atoms with van der Waals surface area (Å²) in [5, 5.41) is 0. The fourth-order valence-corrected chi connectivity index (χ4v) is 3.44. The summed E-state index contributed by atoms with van der Waals surface area (Å²) in [7, 11) is 0. The van der Waals surface area contributed by atoms with Crippen LogP contribution in [0.3, 0.4) is 0 Å². The molecule has 0 spiro atoms. The largest absolute Gasteiger partial charge is 0.0676 e. The Balaban J connectivity index is 3.64. The molecule has 0 saturated carbocycles. The van der Waals surface area contributed by atoms with Crippen molar-refractivity contribution < 1.29 is 0 Å². The lowest BCUT2D eigenvalue weighted by atomic mass is 9.40. The van der Waals surface area contributed by atoms with Crippen molar-refractivity contribution in [2.75, 3.05) is 0 Å². The molecule has 0 aromatic heterocycles. The zero-order valence-corrected chi connectivity index (χ0v) is 13.0. The summed E-state index contributed by atoms with van der Waals surface area (Å²) in [6.45, 7) is 24.0. The average Bonchev–Trinajstić information content (AvgIpc) is 2.12. The molecule has 0 bridgehead atoms. The topological polar surface area (TPSA) is 0 Å². The van der Waals surface area contributed by atoms with Crippen molar-refractivity contribution in [1.82, 2.24) is 0 Å². The minimum atomic E-state index is 0.274. The molecular weight excluding hydrogens is 192 g/mol. The van der Waals surface area contributed by atoms with E-state index < -0.39 is 0 Å². The summed E-state index contributed by atoms with van der Waals surface area (Å²) in [5.41, 5.74) is 4.32. The van der Waals surface area contributed by atoms with E-state index in [1.807, 2.05) is 0 Å². The summed E-state index contributed by atoms with van der Waals surface area (Å²) in [6.07, 6.45) is 0. The lowest BCUT2D eigenvalue weighted by Crippen LogP contribution is -2.56. The molecule has 0 saturated heterocycles. The molecule has 0 aromatic carbocycles. The standard InChI is InChI=1S/C16H30/c1-11-12(2)14(5,6)16(9,10)15(7,8)13(11,3)4/h1-10H3. The lowest BCUT2D eigenvalue weighted by Gasteiger charge is -2.64. The van der Waals surface area contributed by atoms with Crippen molar-refractivity contribution in [3.63, 3.8) is 0 Å². The van der Waals surface area contributed by atoms with Gasteiger partial charge in [-0.2, -0.15) is 0 Å². The minimum absolute atomic E-state index is 0.274. The third-order valence-electron chi connectivity index (χ3n) is 7.12. The smallest absolute Gasteiger partial charge is 0.00881 e. The van der Waals surface area contributed by atoms with Gasteiger partial charge in [0.15, 0.2) is 0 Å². The highest BCUT2D eigenvalue weighted by molar-refractivity contribution is 5.33. The molecule has 0 unspecified atom stereocenters. The van der Waals surface area contributed by atoms with Crippen LogP contribution in [-0.4, -0.2) is 0 Å². The highest BCUT2D eigenvalue weighted by Gasteiger charge is 2.59. The molecule has 0 aromatic rings. The highest BCUT2D eigenvalue weighted by Crippen LogP contribution is 2.67. The Morgan fingerprint density at radius 3 is 0.875 bits per heavy atom. The van der Waals surface area contributed by atoms with Gasteiger partial charge in [0.05, 0.1) is 0 Å². The molecule has 0 N–H and O–H groups in total. The molecule has 0 amide bonds. The maximum absolute atomic E-state index is 2.44. The van der Waals surface area contributed by atoms with E-state index >= 15 is 0 Å². The normalized spacial score (nSPS) is 30.4. The molecule has 0 heteroatoms. The molecule has 0 aliphatic heterocycles. The van der Waals surface area contributed by atoms with E-state index in [9.17, 15) is 0 Å². The van der Waals surface area contributed by atoms with Gasteiger partial charge in [-0.1, -0.05) is 66.5 Å². The Morgan fingerprint density at radius 1 is 0.500 bits per heavy atom. The molecule has 0 fully saturated rings. The van der Waals surface area contributed by atoms with Crippen LogP contribution in [0.4, 0.5) is 0 Å². The van der Waals surface area contributed by atoms with E-state index in [1.54, 1.807) is 11.1 Å². The second-order valence-corrected chi connectivity index (χ2v) is 7.75. The second kappa shape index (κ2) is 3.15. The van der Waals surface area contributed by atoms with E-state index in [2.05, 4.69) is 69.2 Å². The van der Waals surface area contributed by atoms with E-state index in [4.69, 9.17) is 0 Å². The van der Waals surface area contributed by atoms with E-state index in [0.29, 0.717) is 10.8 Å². The first kappa shape index (κ1) is 13.8. The molecule has 94 valence electrons. The molecule has 0 atom stereocenters. The quantitative estimate of drug-likeness (QED) is 0.479. The predicted octanol–water partition coefficient (Wildman–Crippen LogP) is 5.44. The molecule has 16 heavy (non-hydrogen) atoms. The van der Waals surface area contributed by atoms with Crippen LogP contribution in [0.1, 0.15) is 69.2 Å². The van der Waals surface area contributed by atoms with Crippen molar-refractivity contribution in [3.8, 4) is 0 Å². The Bertz CT molecular complexity index is 301. The highest BCUT2D eigenvalue weighted by atomic mass is 14.6. The molecule has 0 heterocycles. The molecule has 0 nitrogen and oxygen atoms in total. The van der Waals surface area contributed by atoms with Crippen molar-refractivity contribution in [3.05, 3.63) is 11.1 Å². The zero-order valence-electron chi connectivity index (χ0n) is 13.0. The maximum Gasteiger partial charge on any atom is -0.00881 e. The first-order valence-electron chi connectivity index (χ1n) is 6.50. The van der Waals surface area contributed by atoms with E-state index in [-0.39, 0.29) is 10.8 Å². The van der Waals surface area contributed by atoms with Crippen LogP contribution in [0.5, 0.6) is 0 Å². The predicted molar refractivity (Wildman–Crippen MR) is 73.5 cm³/mol. The average molecular weight is 222 g/mol. The van der Waals surface area contributed by atoms with Crippen molar-refractivity contribution in [2.45, 2.75) is 69.2 Å². The number of hydrogen-bond acceptors (Lipinski definition) is 0. The van der Waals surface area contributed by atoms with Gasteiger partial charge in [0, 0.05) is 0 Å². The van der Waals surface area contributed by atoms with Gasteiger partial charge >= 0.3 is 0 Å². The van der Waals surface area contributed by atoms with Crippen LogP contribution >= 0.6 is 0 Å². The van der Waals surface area contributed by atoms with E-state index in [1.165, 1.54) is 0 Å². The summed E-state index contributed by atoms with van der Waals surface area (Å²) in [5.74, 6) is 0. The number of hydrogen-bond donors (Lipinski definition) is 0. The van der Waals surface area contributed by atoms with Crippen LogP contribution < -0.4 is 0 Å². The van der Waals surface area contributed by atoms with Gasteiger partial charge in [-0.25, -0.2) is 0 Å². The maximum atomic E-state index is 2.44. The fraction of sp³-hybridized carbons (Fsp3) is 0.875. The third-order valence-corrected chi connectivity index (χ3v) is 7.12. The van der Waals surface area contributed by atoms with Crippen molar-refractivity contribution in [1.29, 1.82) is 0 Å². The van der Waals surface area contributed by atoms with Gasteiger partial charge in [0.2, 0.25) is 0 Å². The summed E-state index contributed by atoms with van der Waals surface area (Å²) < 4.78 is 0. The van der Waals surface area contributed by atoms with Gasteiger partial charge in [0.1, 0.15) is 0 Å². The Morgan fingerprint density at radius 2 is 0.688 bits per heavy atom. The SMILES string of the molecule is CC1=C(C)C(C)(C)C(C)(C)C(C)(C)C1(C)C. The van der Waals surface area contributed by atoms with Crippen LogP contribution in [0, 0.1) is 21.7 Å². The number of allylic oxidation sites excluding steroid dienone is 2. The van der Waals surface area contributed by atoms with Crippen molar-refractivity contribution in [2.24, 2.45) is 21.7 Å². The molecule has 1 aliphatic rings. The van der Waals surface area contributed by atoms with Gasteiger partial charge < -0.3 is 0 Å². The van der Waals surface area contributed by atoms with Crippen LogP contribution in [0.25, 0.3) is 0 Å². The molecule has 1 rings (SSSR count). The van der Waals surface area contributed by atoms with Crippen LogP contribution in [-0.2, 0) is 0 Å². The van der Waals surface area contributed by atoms with Crippen LogP contribution in [0.15, 0.2) is 11.1 Å². The number of rotatable bonds is 0. The monoisotopic (exact) mass is 222 g/mol. The van der Waals surface area contributed by atoms with E-state index in [0.717, 1.165) is 0 Å². The lowest BCUT2D eigenvalue weighted by molar-refractivity contribution is -0.0824. The van der Waals surface area contributed by atoms with Crippen molar-refractivity contribution >= 4 is 0 Å². The fourth-order valence-electron chi connectivity index (χ4n) is 3.44. The van der Waals surface area contributed by atoms with Gasteiger partial charge in [-0.05, 0) is 35.5 Å². The first-order valence-corrected chi connectivity index (χ1v) is 6.50. The second-order valence-electron chi connectivity index (χ2n) is 7.75. The van der Waals surface area contributed by atoms with Crippen LogP contribution in [0.2, 0.25) is 0 Å². The molecule has 0 radical (unpaired) electrons. The van der Waals surface area contributed by atoms with Gasteiger partial charge in [0.25, 0.3) is 0 Å². The van der Waals surface area contributed by atoms with Gasteiger partial charge in [-0.15, -0.1) is 0 Å². The minimum Gasteiger partial charge on any atom is -0.0676 e. The van der Waals surface area contributed by atoms with Gasteiger partial charge in [-0.3, -0.25) is 0 Å². The summed E-state index contributed by atoms with van der Waals surface area (Å²) >= 11 is 0. The Labute approximate surface area is 103 Å².